The van der Waals surface area contributed by atoms with Gasteiger partial charge in [-0.25, -0.2) is 0 Å². The molecule has 1 aliphatic heterocycles. The van der Waals surface area contributed by atoms with Crippen LogP contribution in [0.25, 0.3) is 0 Å². The Morgan fingerprint density at radius 3 is 2.74 bits per heavy atom. The summed E-state index contributed by atoms with van der Waals surface area (Å²) in [5.74, 6) is 1.26. The van der Waals surface area contributed by atoms with E-state index >= 15 is 0 Å². The molecule has 0 aromatic heterocycles. The van der Waals surface area contributed by atoms with Gasteiger partial charge in [0.25, 0.3) is 5.91 Å². The van der Waals surface area contributed by atoms with Crippen molar-refractivity contribution in [3.63, 3.8) is 0 Å². The summed E-state index contributed by atoms with van der Waals surface area (Å²) in [5, 5.41) is 5.83. The number of para-hydroxylation sites is 1. The quantitative estimate of drug-likeness (QED) is 0.739. The van der Waals surface area contributed by atoms with Crippen molar-refractivity contribution in [1.82, 2.24) is 5.32 Å². The molecule has 0 spiro atoms. The number of hydrogen-bond acceptors (Lipinski definition) is 4. The Labute approximate surface area is 157 Å². The van der Waals surface area contributed by atoms with Gasteiger partial charge in [0.1, 0.15) is 24.7 Å². The van der Waals surface area contributed by atoms with Crippen LogP contribution in [0.5, 0.6) is 11.5 Å². The number of anilines is 1. The van der Waals surface area contributed by atoms with Crippen molar-refractivity contribution < 1.29 is 19.1 Å². The topological polar surface area (TPSA) is 76.7 Å². The number of amides is 2. The van der Waals surface area contributed by atoms with Crippen molar-refractivity contribution in [2.45, 2.75) is 31.7 Å². The van der Waals surface area contributed by atoms with E-state index in [9.17, 15) is 9.59 Å². The van der Waals surface area contributed by atoms with Crippen molar-refractivity contribution >= 4 is 17.5 Å². The summed E-state index contributed by atoms with van der Waals surface area (Å²) in [5.41, 5.74) is 2.48. The van der Waals surface area contributed by atoms with Crippen LogP contribution in [0.4, 0.5) is 5.69 Å². The first-order valence-corrected chi connectivity index (χ1v) is 9.27. The van der Waals surface area contributed by atoms with Gasteiger partial charge < -0.3 is 20.1 Å². The Bertz CT molecular complexity index is 861. The van der Waals surface area contributed by atoms with Gasteiger partial charge in [-0.15, -0.1) is 0 Å². The molecule has 2 N–H and O–H groups in total. The highest BCUT2D eigenvalue weighted by Crippen LogP contribution is 2.27. The van der Waals surface area contributed by atoms with Crippen molar-refractivity contribution in [2.75, 3.05) is 18.5 Å². The van der Waals surface area contributed by atoms with Gasteiger partial charge in [-0.3, -0.25) is 9.59 Å². The molecule has 1 aliphatic carbocycles. The number of hydrogen-bond donors (Lipinski definition) is 2. The molecule has 2 aromatic carbocycles. The molecule has 0 bridgehead atoms. The van der Waals surface area contributed by atoms with Crippen LogP contribution < -0.4 is 20.1 Å². The number of aryl methyl sites for hydroxylation is 1. The lowest BCUT2D eigenvalue weighted by Crippen LogP contribution is -2.26. The van der Waals surface area contributed by atoms with E-state index in [0.29, 0.717) is 37.0 Å². The maximum atomic E-state index is 12.3. The average molecular weight is 366 g/mol. The van der Waals surface area contributed by atoms with E-state index in [0.717, 1.165) is 36.3 Å². The lowest BCUT2D eigenvalue weighted by Gasteiger charge is -2.18. The van der Waals surface area contributed by atoms with E-state index in [2.05, 4.69) is 10.6 Å². The summed E-state index contributed by atoms with van der Waals surface area (Å²) in [6.45, 7) is 0.700. The molecule has 2 amide bonds. The molecule has 0 saturated heterocycles. The molecule has 6 nitrogen and oxygen atoms in total. The zero-order valence-electron chi connectivity index (χ0n) is 15.0. The van der Waals surface area contributed by atoms with E-state index in [4.69, 9.17) is 9.47 Å². The first kappa shape index (κ1) is 17.4. The highest BCUT2D eigenvalue weighted by atomic mass is 16.5. The van der Waals surface area contributed by atoms with Gasteiger partial charge in [-0.1, -0.05) is 12.1 Å². The third kappa shape index (κ3) is 4.39. The summed E-state index contributed by atoms with van der Waals surface area (Å²) >= 11 is 0. The highest BCUT2D eigenvalue weighted by Gasteiger charge is 2.25. The predicted molar refractivity (Wildman–Crippen MR) is 101 cm³/mol. The zero-order valence-corrected chi connectivity index (χ0v) is 15.0. The Morgan fingerprint density at radius 2 is 1.89 bits per heavy atom. The average Bonchev–Trinajstić information content (AvgIpc) is 3.49. The number of ether oxygens (including phenoxy) is 2. The third-order valence-corrected chi connectivity index (χ3v) is 4.63. The maximum Gasteiger partial charge on any atom is 0.255 e. The summed E-state index contributed by atoms with van der Waals surface area (Å²) < 4.78 is 11.5. The van der Waals surface area contributed by atoms with Crippen LogP contribution in [-0.2, 0) is 11.2 Å². The fraction of sp³-hybridized carbons (Fsp3) is 0.333. The van der Waals surface area contributed by atoms with E-state index in [1.54, 1.807) is 12.1 Å². The maximum absolute atomic E-state index is 12.3. The largest absolute Gasteiger partial charge is 0.490 e. The van der Waals surface area contributed by atoms with Crippen molar-refractivity contribution in [3.8, 4) is 11.5 Å². The van der Waals surface area contributed by atoms with Crippen LogP contribution in [-0.4, -0.2) is 31.1 Å². The molecule has 140 valence electrons. The third-order valence-electron chi connectivity index (χ3n) is 4.63. The lowest BCUT2D eigenvalue weighted by molar-refractivity contribution is -0.116. The number of carbonyl (C=O) groups is 2. The number of carbonyl (C=O) groups excluding carboxylic acids is 2. The second-order valence-electron chi connectivity index (χ2n) is 6.81. The Balaban J connectivity index is 1.30. The fourth-order valence-corrected chi connectivity index (χ4v) is 3.03. The number of fused-ring (bicyclic) bond motifs is 1. The lowest BCUT2D eigenvalue weighted by atomic mass is 10.0. The first-order chi connectivity index (χ1) is 13.2. The van der Waals surface area contributed by atoms with Gasteiger partial charge in [-0.2, -0.15) is 0 Å². The van der Waals surface area contributed by atoms with E-state index in [1.807, 2.05) is 30.3 Å². The number of rotatable bonds is 7. The van der Waals surface area contributed by atoms with Gasteiger partial charge in [-0.05, 0) is 55.2 Å². The minimum Gasteiger partial charge on any atom is -0.490 e. The van der Waals surface area contributed by atoms with E-state index in [-0.39, 0.29) is 11.8 Å². The van der Waals surface area contributed by atoms with Gasteiger partial charge in [0.2, 0.25) is 5.91 Å². The summed E-state index contributed by atoms with van der Waals surface area (Å²) in [4.78, 5) is 23.7. The standard InChI is InChI=1S/C21H22N2O4/c24-20-10-5-14-13-16(8-9-18(14)23-20)26-11-12-27-19-4-2-1-3-17(19)21(25)22-15-6-7-15/h1-4,8-9,13,15H,5-7,10-12H2,(H,22,25)(H,23,24). The van der Waals surface area contributed by atoms with Gasteiger partial charge in [0, 0.05) is 18.2 Å². The molecule has 1 fully saturated rings. The van der Waals surface area contributed by atoms with Crippen LogP contribution in [0.2, 0.25) is 0 Å². The summed E-state index contributed by atoms with van der Waals surface area (Å²) in [6.07, 6.45) is 3.32. The van der Waals surface area contributed by atoms with E-state index < -0.39 is 0 Å². The fourth-order valence-electron chi connectivity index (χ4n) is 3.03. The molecule has 2 aliphatic rings. The second-order valence-corrected chi connectivity index (χ2v) is 6.81. The molecule has 0 atom stereocenters. The normalized spacial score (nSPS) is 15.5. The molecule has 1 heterocycles. The molecule has 4 rings (SSSR count). The number of benzene rings is 2. The highest BCUT2D eigenvalue weighted by molar-refractivity contribution is 5.97. The SMILES string of the molecule is O=C1CCc2cc(OCCOc3ccccc3C(=O)NC3CC3)ccc2N1. The van der Waals surface area contributed by atoms with Gasteiger partial charge >= 0.3 is 0 Å². The van der Waals surface area contributed by atoms with Crippen LogP contribution in [0, 0.1) is 0 Å². The smallest absolute Gasteiger partial charge is 0.255 e. The Hall–Kier alpha value is -3.02. The molecule has 1 saturated carbocycles. The van der Waals surface area contributed by atoms with Crippen molar-refractivity contribution in [1.29, 1.82) is 0 Å². The molecular weight excluding hydrogens is 344 g/mol. The zero-order chi connectivity index (χ0) is 18.6. The predicted octanol–water partition coefficient (Wildman–Crippen LogP) is 2.92. The van der Waals surface area contributed by atoms with Crippen LogP contribution in [0.3, 0.4) is 0 Å². The van der Waals surface area contributed by atoms with Gasteiger partial charge in [0.15, 0.2) is 0 Å². The number of nitrogens with one attached hydrogen (secondary N) is 2. The molecular formula is C21H22N2O4. The minimum atomic E-state index is -0.0919. The minimum absolute atomic E-state index is 0.0500. The summed E-state index contributed by atoms with van der Waals surface area (Å²) in [6, 6.07) is 13.2. The first-order valence-electron chi connectivity index (χ1n) is 9.27. The van der Waals surface area contributed by atoms with E-state index in [1.165, 1.54) is 0 Å². The Morgan fingerprint density at radius 1 is 1.07 bits per heavy atom. The Kier molecular flexibility index (Phi) is 4.96. The van der Waals surface area contributed by atoms with Crippen molar-refractivity contribution in [3.05, 3.63) is 53.6 Å². The van der Waals surface area contributed by atoms with Crippen LogP contribution in [0.15, 0.2) is 42.5 Å². The second kappa shape index (κ2) is 7.70. The molecule has 2 aromatic rings. The van der Waals surface area contributed by atoms with Crippen LogP contribution in [0.1, 0.15) is 35.2 Å². The summed E-state index contributed by atoms with van der Waals surface area (Å²) in [7, 11) is 0. The molecule has 0 radical (unpaired) electrons. The van der Waals surface area contributed by atoms with Crippen molar-refractivity contribution in [2.24, 2.45) is 0 Å². The molecule has 0 unspecified atom stereocenters. The van der Waals surface area contributed by atoms with Gasteiger partial charge in [0.05, 0.1) is 5.56 Å². The monoisotopic (exact) mass is 366 g/mol. The molecule has 6 heteroatoms. The molecule has 27 heavy (non-hydrogen) atoms. The van der Waals surface area contributed by atoms with Crippen LogP contribution >= 0.6 is 0 Å².